The summed E-state index contributed by atoms with van der Waals surface area (Å²) in [6.45, 7) is 0. The Balaban J connectivity index is 1.59. The second-order valence-electron chi connectivity index (χ2n) is 6.68. The van der Waals surface area contributed by atoms with E-state index in [-0.39, 0.29) is 15.5 Å². The quantitative estimate of drug-likeness (QED) is 0.418. The molecule has 10 heteroatoms. The van der Waals surface area contributed by atoms with E-state index in [0.29, 0.717) is 16.5 Å². The van der Waals surface area contributed by atoms with Gasteiger partial charge in [0.25, 0.3) is 15.9 Å². The van der Waals surface area contributed by atoms with E-state index in [4.69, 9.17) is 11.6 Å². The zero-order valence-electron chi connectivity index (χ0n) is 16.8. The number of carbonyl (C=O) groups is 1. The number of carbonyl (C=O) groups excluding carboxylic acids is 1. The Morgan fingerprint density at radius 3 is 2.59 bits per heavy atom. The number of anilines is 2. The van der Waals surface area contributed by atoms with Gasteiger partial charge in [-0.25, -0.2) is 13.4 Å². The van der Waals surface area contributed by atoms with Gasteiger partial charge in [-0.2, -0.15) is 0 Å². The number of nitrogens with zero attached hydrogens (tertiary/aromatic N) is 3. The number of sulfonamides is 1. The van der Waals surface area contributed by atoms with Crippen LogP contribution in [-0.4, -0.2) is 31.3 Å². The molecule has 0 atom stereocenters. The number of hydrogen-bond acceptors (Lipinski definition) is 6. The molecule has 0 fully saturated rings. The van der Waals surface area contributed by atoms with Gasteiger partial charge in [0.05, 0.1) is 26.9 Å². The molecule has 7 nitrogen and oxygen atoms in total. The highest BCUT2D eigenvalue weighted by atomic mass is 35.5. The Kier molecular flexibility index (Phi) is 6.22. The third-order valence-corrected chi connectivity index (χ3v) is 7.51. The highest BCUT2D eigenvalue weighted by molar-refractivity contribution is 7.92. The lowest BCUT2D eigenvalue weighted by molar-refractivity contribution is 0.102. The van der Waals surface area contributed by atoms with E-state index in [1.165, 1.54) is 36.6 Å². The Bertz CT molecular complexity index is 1360. The van der Waals surface area contributed by atoms with Crippen molar-refractivity contribution >= 4 is 49.7 Å². The van der Waals surface area contributed by atoms with Gasteiger partial charge >= 0.3 is 0 Å². The van der Waals surface area contributed by atoms with E-state index in [0.717, 1.165) is 9.87 Å². The van der Waals surface area contributed by atoms with Crippen LogP contribution in [0.4, 0.5) is 10.8 Å². The van der Waals surface area contributed by atoms with Gasteiger partial charge in [0.15, 0.2) is 5.13 Å². The van der Waals surface area contributed by atoms with Crippen LogP contribution in [0, 0.1) is 0 Å². The van der Waals surface area contributed by atoms with Crippen LogP contribution in [0.15, 0.2) is 83.3 Å². The monoisotopic (exact) mass is 484 g/mol. The summed E-state index contributed by atoms with van der Waals surface area (Å²) in [5, 5.41) is 4.97. The third-order valence-electron chi connectivity index (χ3n) is 4.64. The molecule has 0 unspecified atom stereocenters. The maximum atomic E-state index is 13.1. The zero-order chi connectivity index (χ0) is 22.7. The Morgan fingerprint density at radius 2 is 1.88 bits per heavy atom. The molecular weight excluding hydrogens is 468 g/mol. The van der Waals surface area contributed by atoms with Gasteiger partial charge in [-0.05, 0) is 42.5 Å². The minimum absolute atomic E-state index is 0.0346. The maximum Gasteiger partial charge on any atom is 0.264 e. The second kappa shape index (κ2) is 9.07. The van der Waals surface area contributed by atoms with E-state index in [2.05, 4.69) is 15.3 Å². The summed E-state index contributed by atoms with van der Waals surface area (Å²) in [5.74, 6) is -0.554. The molecule has 0 spiro atoms. The maximum absolute atomic E-state index is 13.1. The number of benzene rings is 2. The standard InChI is InChI=1S/C22H17ClN4O3S2/c1-27(16-7-3-2-4-8-16)32(29,30)17-9-10-19(23)18(12-17)21(28)26-22-25-20(14-31-22)15-6-5-11-24-13-15/h2-14H,1H3,(H,25,26,28). The van der Waals surface area contributed by atoms with Crippen LogP contribution >= 0.6 is 22.9 Å². The summed E-state index contributed by atoms with van der Waals surface area (Å²) in [5.41, 5.74) is 2.02. The first kappa shape index (κ1) is 21.9. The fourth-order valence-corrected chi connectivity index (χ4v) is 5.06. The van der Waals surface area contributed by atoms with E-state index < -0.39 is 15.9 Å². The largest absolute Gasteiger partial charge is 0.298 e. The number of rotatable bonds is 6. The number of aromatic nitrogens is 2. The Labute approximate surface area is 194 Å². The van der Waals surface area contributed by atoms with Gasteiger partial charge in [0.2, 0.25) is 0 Å². The molecular formula is C22H17ClN4O3S2. The van der Waals surface area contributed by atoms with Crippen LogP contribution in [0.25, 0.3) is 11.3 Å². The van der Waals surface area contributed by atoms with Crippen molar-refractivity contribution in [2.24, 2.45) is 0 Å². The molecule has 32 heavy (non-hydrogen) atoms. The van der Waals surface area contributed by atoms with Gasteiger partial charge in [-0.3, -0.25) is 19.4 Å². The third kappa shape index (κ3) is 4.50. The molecule has 4 rings (SSSR count). The molecule has 0 saturated heterocycles. The van der Waals surface area contributed by atoms with Crippen molar-refractivity contribution in [3.05, 3.63) is 89.0 Å². The van der Waals surface area contributed by atoms with Crippen molar-refractivity contribution in [2.45, 2.75) is 4.90 Å². The first-order valence-electron chi connectivity index (χ1n) is 9.37. The van der Waals surface area contributed by atoms with Crippen molar-refractivity contribution in [1.29, 1.82) is 0 Å². The number of hydrogen-bond donors (Lipinski definition) is 1. The SMILES string of the molecule is CN(c1ccccc1)S(=O)(=O)c1ccc(Cl)c(C(=O)Nc2nc(-c3cccnc3)cs2)c1. The lowest BCUT2D eigenvalue weighted by Gasteiger charge is -2.20. The van der Waals surface area contributed by atoms with Gasteiger partial charge in [0, 0.05) is 30.4 Å². The average Bonchev–Trinajstić information content (AvgIpc) is 3.28. The lowest BCUT2D eigenvalue weighted by Crippen LogP contribution is -2.27. The fourth-order valence-electron chi connectivity index (χ4n) is 2.92. The predicted molar refractivity (Wildman–Crippen MR) is 127 cm³/mol. The molecule has 162 valence electrons. The molecule has 0 aliphatic heterocycles. The van der Waals surface area contributed by atoms with Crippen LogP contribution in [0.5, 0.6) is 0 Å². The summed E-state index contributed by atoms with van der Waals surface area (Å²) in [6.07, 6.45) is 3.34. The van der Waals surface area contributed by atoms with Crippen molar-refractivity contribution in [2.75, 3.05) is 16.7 Å². The van der Waals surface area contributed by atoms with Gasteiger partial charge < -0.3 is 0 Å². The van der Waals surface area contributed by atoms with Crippen molar-refractivity contribution in [3.63, 3.8) is 0 Å². The van der Waals surface area contributed by atoms with E-state index in [9.17, 15) is 13.2 Å². The van der Waals surface area contributed by atoms with E-state index in [1.54, 1.807) is 54.2 Å². The van der Waals surface area contributed by atoms with Crippen molar-refractivity contribution in [1.82, 2.24) is 9.97 Å². The van der Waals surface area contributed by atoms with Crippen LogP contribution in [0.1, 0.15) is 10.4 Å². The molecule has 1 N–H and O–H groups in total. The normalized spacial score (nSPS) is 11.2. The van der Waals surface area contributed by atoms with E-state index in [1.807, 2.05) is 6.07 Å². The molecule has 0 bridgehead atoms. The smallest absolute Gasteiger partial charge is 0.264 e. The van der Waals surface area contributed by atoms with Crippen LogP contribution < -0.4 is 9.62 Å². The highest BCUT2D eigenvalue weighted by Gasteiger charge is 2.24. The second-order valence-corrected chi connectivity index (χ2v) is 9.92. The summed E-state index contributed by atoms with van der Waals surface area (Å²) < 4.78 is 27.3. The number of pyridine rings is 1. The molecule has 0 aliphatic carbocycles. The minimum Gasteiger partial charge on any atom is -0.298 e. The van der Waals surface area contributed by atoms with Gasteiger partial charge in [0.1, 0.15) is 0 Å². The van der Waals surface area contributed by atoms with Gasteiger partial charge in [-0.15, -0.1) is 11.3 Å². The van der Waals surface area contributed by atoms with Gasteiger partial charge in [-0.1, -0.05) is 29.8 Å². The number of thiazole rings is 1. The Hall–Kier alpha value is -3.27. The number of para-hydroxylation sites is 1. The fraction of sp³-hybridized carbons (Fsp3) is 0.0455. The number of halogens is 1. The lowest BCUT2D eigenvalue weighted by atomic mass is 10.2. The van der Waals surface area contributed by atoms with E-state index >= 15 is 0 Å². The molecule has 2 heterocycles. The molecule has 0 saturated carbocycles. The van der Waals surface area contributed by atoms with Crippen LogP contribution in [0.2, 0.25) is 5.02 Å². The molecule has 1 amide bonds. The molecule has 0 aliphatic rings. The summed E-state index contributed by atoms with van der Waals surface area (Å²) in [4.78, 5) is 21.3. The van der Waals surface area contributed by atoms with Crippen LogP contribution in [-0.2, 0) is 10.0 Å². The molecule has 2 aromatic carbocycles. The number of nitrogens with one attached hydrogen (secondary N) is 1. The topological polar surface area (TPSA) is 92.3 Å². The molecule has 0 radical (unpaired) electrons. The van der Waals surface area contributed by atoms with Crippen molar-refractivity contribution < 1.29 is 13.2 Å². The zero-order valence-corrected chi connectivity index (χ0v) is 19.2. The van der Waals surface area contributed by atoms with Crippen LogP contribution in [0.3, 0.4) is 0 Å². The predicted octanol–water partition coefficient (Wildman–Crippen LogP) is 4.94. The first-order valence-corrected chi connectivity index (χ1v) is 12.1. The minimum atomic E-state index is -3.89. The average molecular weight is 485 g/mol. The summed E-state index contributed by atoms with van der Waals surface area (Å²) in [6, 6.07) is 16.4. The Morgan fingerprint density at radius 1 is 1.09 bits per heavy atom. The molecule has 2 aromatic heterocycles. The number of amides is 1. The summed E-state index contributed by atoms with van der Waals surface area (Å²) in [7, 11) is -2.44. The summed E-state index contributed by atoms with van der Waals surface area (Å²) >= 11 is 7.46. The molecule has 4 aromatic rings. The van der Waals surface area contributed by atoms with Crippen molar-refractivity contribution in [3.8, 4) is 11.3 Å². The highest BCUT2D eigenvalue weighted by Crippen LogP contribution is 2.28. The first-order chi connectivity index (χ1) is 15.4.